The maximum absolute atomic E-state index is 11.6. The van der Waals surface area contributed by atoms with Gasteiger partial charge in [-0.1, -0.05) is 26.8 Å². The monoisotopic (exact) mass is 332 g/mol. The van der Waals surface area contributed by atoms with Crippen molar-refractivity contribution in [3.05, 3.63) is 12.7 Å². The Hall–Kier alpha value is -0.693. The van der Waals surface area contributed by atoms with Gasteiger partial charge in [0.2, 0.25) is 5.79 Å². The van der Waals surface area contributed by atoms with Gasteiger partial charge in [-0.05, 0) is 27.7 Å². The molecule has 0 rings (SSSR count). The van der Waals surface area contributed by atoms with Crippen LogP contribution in [0.15, 0.2) is 12.7 Å². The van der Waals surface area contributed by atoms with Crippen molar-refractivity contribution >= 4 is 14.8 Å². The van der Waals surface area contributed by atoms with Crippen LogP contribution in [0.1, 0.15) is 61.3 Å². The van der Waals surface area contributed by atoms with Crippen molar-refractivity contribution in [3.63, 3.8) is 0 Å². The second kappa shape index (κ2) is 9.45. The van der Waals surface area contributed by atoms with Crippen molar-refractivity contribution < 1.29 is 22.8 Å². The van der Waals surface area contributed by atoms with Crippen LogP contribution in [-0.4, -0.2) is 32.8 Å². The molecule has 5 nitrogen and oxygen atoms in total. The molecule has 0 aromatic rings. The number of hydrogen-bond acceptors (Lipinski definition) is 5. The first-order valence-corrected chi connectivity index (χ1v) is 9.96. The largest absolute Gasteiger partial charge is 0.504 e. The number of carbonyl (C=O) groups is 1. The molecule has 22 heavy (non-hydrogen) atoms. The van der Waals surface area contributed by atoms with Gasteiger partial charge in [-0.15, -0.1) is 0 Å². The van der Waals surface area contributed by atoms with E-state index in [0.29, 0.717) is 12.5 Å². The van der Waals surface area contributed by atoms with E-state index >= 15 is 0 Å². The van der Waals surface area contributed by atoms with Crippen LogP contribution in [-0.2, 0) is 22.8 Å². The first-order valence-electron chi connectivity index (χ1n) is 8.03. The minimum atomic E-state index is -2.97. The fraction of sp³-hybridized carbons (Fsp3) is 0.812. The summed E-state index contributed by atoms with van der Waals surface area (Å²) in [6.07, 6.45) is 2.42. The lowest BCUT2D eigenvalue weighted by Gasteiger charge is -2.39. The molecule has 0 bridgehead atoms. The van der Waals surface area contributed by atoms with Crippen molar-refractivity contribution in [3.8, 4) is 0 Å². The Balaban J connectivity index is 5.43. The average Bonchev–Trinajstić information content (AvgIpc) is 2.36. The Kier molecular flexibility index (Phi) is 9.15. The van der Waals surface area contributed by atoms with Crippen LogP contribution >= 0.6 is 0 Å². The van der Waals surface area contributed by atoms with Crippen LogP contribution in [0, 0.1) is 0 Å². The summed E-state index contributed by atoms with van der Waals surface area (Å²) in [5.74, 6) is -1.60. The third kappa shape index (κ3) is 7.53. The molecule has 0 heterocycles. The maximum Gasteiger partial charge on any atom is 0.504 e. The molecule has 0 aliphatic carbocycles. The van der Waals surface area contributed by atoms with E-state index in [0.717, 1.165) is 12.5 Å². The summed E-state index contributed by atoms with van der Waals surface area (Å²) in [6, 6.07) is 0.671. The van der Waals surface area contributed by atoms with Gasteiger partial charge in [0.05, 0.1) is 0 Å². The van der Waals surface area contributed by atoms with Gasteiger partial charge in [0, 0.05) is 37.7 Å². The molecule has 0 aliphatic rings. The van der Waals surface area contributed by atoms with E-state index in [4.69, 9.17) is 18.0 Å². The van der Waals surface area contributed by atoms with Crippen LogP contribution < -0.4 is 0 Å². The molecule has 6 heteroatoms. The molecule has 0 radical (unpaired) electrons. The highest BCUT2D eigenvalue weighted by Crippen LogP contribution is 2.30. The Morgan fingerprint density at radius 1 is 1.18 bits per heavy atom. The lowest BCUT2D eigenvalue weighted by molar-refractivity contribution is -0.205. The van der Waals surface area contributed by atoms with E-state index in [-0.39, 0.29) is 12.2 Å². The average molecular weight is 333 g/mol. The highest BCUT2D eigenvalue weighted by atomic mass is 28.4. The third-order valence-electron chi connectivity index (χ3n) is 2.88. The Morgan fingerprint density at radius 2 is 1.68 bits per heavy atom. The zero-order chi connectivity index (χ0) is 17.4. The fourth-order valence-electron chi connectivity index (χ4n) is 2.02. The van der Waals surface area contributed by atoms with Crippen molar-refractivity contribution in [2.24, 2.45) is 0 Å². The molecule has 0 amide bonds. The Morgan fingerprint density at radius 3 is 2.00 bits per heavy atom. The number of rotatable bonds is 11. The zero-order valence-electron chi connectivity index (χ0n) is 15.1. The minimum Gasteiger partial charge on any atom is -0.431 e. The van der Waals surface area contributed by atoms with Crippen molar-refractivity contribution in [2.75, 3.05) is 0 Å². The highest BCUT2D eigenvalue weighted by molar-refractivity contribution is 6.60. The third-order valence-corrected chi connectivity index (χ3v) is 6.40. The smallest absolute Gasteiger partial charge is 0.431 e. The van der Waals surface area contributed by atoms with Gasteiger partial charge in [0.1, 0.15) is 0 Å². The van der Waals surface area contributed by atoms with E-state index in [1.165, 1.54) is 0 Å². The summed E-state index contributed by atoms with van der Waals surface area (Å²) < 4.78 is 23.8. The predicted molar refractivity (Wildman–Crippen MR) is 89.4 cm³/mol. The van der Waals surface area contributed by atoms with Crippen molar-refractivity contribution in [1.29, 1.82) is 0 Å². The number of esters is 1. The summed E-state index contributed by atoms with van der Waals surface area (Å²) in [5, 5.41) is 0. The molecule has 0 N–H and O–H groups in total. The molecule has 0 aromatic heterocycles. The topological polar surface area (TPSA) is 54.0 Å². The summed E-state index contributed by atoms with van der Waals surface area (Å²) >= 11 is 0. The van der Waals surface area contributed by atoms with Gasteiger partial charge in [-0.3, -0.25) is 0 Å². The highest BCUT2D eigenvalue weighted by Gasteiger charge is 2.48. The molecule has 0 aliphatic heterocycles. The van der Waals surface area contributed by atoms with E-state index in [9.17, 15) is 4.79 Å². The molecule has 0 aromatic carbocycles. The second-order valence-electron chi connectivity index (χ2n) is 5.98. The molecule has 0 saturated heterocycles. The van der Waals surface area contributed by atoms with Crippen LogP contribution in [0.25, 0.3) is 0 Å². The first-order chi connectivity index (χ1) is 10.1. The molecule has 0 fully saturated rings. The Bertz CT molecular complexity index is 346. The first kappa shape index (κ1) is 21.3. The zero-order valence-corrected chi connectivity index (χ0v) is 16.1. The van der Waals surface area contributed by atoms with Crippen LogP contribution in [0.5, 0.6) is 0 Å². The minimum absolute atomic E-state index is 0.0341. The van der Waals surface area contributed by atoms with E-state index in [1.807, 2.05) is 34.6 Å². The van der Waals surface area contributed by atoms with Gasteiger partial charge in [-0.25, -0.2) is 4.79 Å². The molecular weight excluding hydrogens is 300 g/mol. The predicted octanol–water partition coefficient (Wildman–Crippen LogP) is 4.06. The molecule has 1 unspecified atom stereocenters. The van der Waals surface area contributed by atoms with Crippen molar-refractivity contribution in [1.82, 2.24) is 0 Å². The van der Waals surface area contributed by atoms with E-state index < -0.39 is 20.6 Å². The van der Waals surface area contributed by atoms with Crippen LogP contribution in [0.4, 0.5) is 0 Å². The molecule has 130 valence electrons. The van der Waals surface area contributed by atoms with Gasteiger partial charge in [-0.2, -0.15) is 0 Å². The van der Waals surface area contributed by atoms with Crippen LogP contribution in [0.3, 0.4) is 0 Å². The molecule has 0 spiro atoms. The van der Waals surface area contributed by atoms with Gasteiger partial charge in [0.25, 0.3) is 0 Å². The standard InChI is InChI=1S/C16H32O5Si/c1-9-12-22(19-13(4)5,20-14(6)7)21-16(8,11-3)18-15(17)10-2/h10,13-14H,2,9,11-12H2,1,3-8H3. The lowest BCUT2D eigenvalue weighted by atomic mass is 10.2. The summed E-state index contributed by atoms with van der Waals surface area (Å²) in [5.41, 5.74) is 0. The molecule has 1 atom stereocenters. The summed E-state index contributed by atoms with van der Waals surface area (Å²) in [6.45, 7) is 16.9. The van der Waals surface area contributed by atoms with Gasteiger partial charge >= 0.3 is 14.8 Å². The number of ether oxygens (including phenoxy) is 1. The van der Waals surface area contributed by atoms with Crippen molar-refractivity contribution in [2.45, 2.75) is 85.3 Å². The quantitative estimate of drug-likeness (QED) is 0.247. The number of carbonyl (C=O) groups excluding carboxylic acids is 1. The molecule has 0 saturated carbocycles. The number of hydrogen-bond donors (Lipinski definition) is 0. The normalized spacial score (nSPS) is 15.0. The van der Waals surface area contributed by atoms with Gasteiger partial charge < -0.3 is 18.0 Å². The SMILES string of the molecule is C=CC(=O)OC(C)(CC)O[Si](CCC)(OC(C)C)OC(C)C. The maximum atomic E-state index is 11.6. The fourth-order valence-corrected chi connectivity index (χ4v) is 5.40. The summed E-state index contributed by atoms with van der Waals surface area (Å²) in [7, 11) is -2.97. The van der Waals surface area contributed by atoms with Gasteiger partial charge in [0.15, 0.2) is 0 Å². The Labute approximate surface area is 136 Å². The second-order valence-corrected chi connectivity index (χ2v) is 8.52. The summed E-state index contributed by atoms with van der Waals surface area (Å²) in [4.78, 5) is 11.6. The van der Waals surface area contributed by atoms with E-state index in [2.05, 4.69) is 13.5 Å². The van der Waals surface area contributed by atoms with E-state index in [1.54, 1.807) is 6.92 Å². The molecular formula is C16H32O5Si. The van der Waals surface area contributed by atoms with Crippen LogP contribution in [0.2, 0.25) is 6.04 Å². The lowest BCUT2D eigenvalue weighted by Crippen LogP contribution is -2.55.